The number of carbonyl (C=O) groups is 2. The Labute approximate surface area is 214 Å². The highest BCUT2D eigenvalue weighted by molar-refractivity contribution is 6.35. The summed E-state index contributed by atoms with van der Waals surface area (Å²) in [5.41, 5.74) is 0.686. The van der Waals surface area contributed by atoms with Gasteiger partial charge in [0.1, 0.15) is 11.8 Å². The lowest BCUT2D eigenvalue weighted by Crippen LogP contribution is -2.52. The number of benzene rings is 2. The van der Waals surface area contributed by atoms with Crippen LogP contribution in [0.4, 0.5) is 0 Å². The van der Waals surface area contributed by atoms with Crippen LogP contribution in [-0.4, -0.2) is 35.4 Å². The second-order valence-electron chi connectivity index (χ2n) is 8.03. The number of ether oxygens (including phenoxy) is 1. The number of carbonyl (C=O) groups excluding carboxylic acids is 2. The van der Waals surface area contributed by atoms with Crippen molar-refractivity contribution in [3.63, 3.8) is 0 Å². The summed E-state index contributed by atoms with van der Waals surface area (Å²) in [4.78, 5) is 27.9. The van der Waals surface area contributed by atoms with E-state index in [0.29, 0.717) is 37.8 Å². The Balaban J connectivity index is 1.80. The van der Waals surface area contributed by atoms with Crippen LogP contribution in [0.25, 0.3) is 0 Å². The number of nitrogens with zero attached hydrogens (tertiary/aromatic N) is 1. The molecule has 1 unspecified atom stereocenters. The van der Waals surface area contributed by atoms with Crippen molar-refractivity contribution < 1.29 is 14.3 Å². The molecule has 1 aliphatic rings. The minimum atomic E-state index is -0.672. The highest BCUT2D eigenvalue weighted by Crippen LogP contribution is 2.28. The Hall–Kier alpha value is -1.66. The number of rotatable bonds is 9. The molecule has 5 nitrogen and oxygen atoms in total. The Kier molecular flexibility index (Phi) is 9.57. The van der Waals surface area contributed by atoms with Crippen LogP contribution >= 0.6 is 46.4 Å². The van der Waals surface area contributed by atoms with Gasteiger partial charge in [-0.25, -0.2) is 0 Å². The number of hydrogen-bond donors (Lipinski definition) is 1. The quantitative estimate of drug-likeness (QED) is 0.399. The lowest BCUT2D eigenvalue weighted by atomic mass is 10.1. The van der Waals surface area contributed by atoms with Crippen LogP contribution in [0.5, 0.6) is 5.75 Å². The summed E-state index contributed by atoms with van der Waals surface area (Å²) in [5.74, 6) is -0.199. The fourth-order valence-electron chi connectivity index (χ4n) is 3.94. The lowest BCUT2D eigenvalue weighted by molar-refractivity contribution is -0.143. The van der Waals surface area contributed by atoms with Gasteiger partial charge in [-0.05, 0) is 55.2 Å². The van der Waals surface area contributed by atoms with Crippen molar-refractivity contribution in [2.45, 2.75) is 57.7 Å². The minimum absolute atomic E-state index is 0.142. The van der Waals surface area contributed by atoms with E-state index in [1.54, 1.807) is 30.3 Å². The summed E-state index contributed by atoms with van der Waals surface area (Å²) >= 11 is 24.5. The molecule has 33 heavy (non-hydrogen) atoms. The van der Waals surface area contributed by atoms with Crippen LogP contribution in [0, 0.1) is 0 Å². The van der Waals surface area contributed by atoms with Crippen LogP contribution < -0.4 is 10.1 Å². The third kappa shape index (κ3) is 7.16. The molecule has 0 radical (unpaired) electrons. The van der Waals surface area contributed by atoms with Gasteiger partial charge in [0.25, 0.3) is 5.91 Å². The van der Waals surface area contributed by atoms with E-state index in [-0.39, 0.29) is 31.0 Å². The van der Waals surface area contributed by atoms with Crippen molar-refractivity contribution in [3.8, 4) is 5.75 Å². The van der Waals surface area contributed by atoms with Crippen molar-refractivity contribution in [2.24, 2.45) is 0 Å². The van der Waals surface area contributed by atoms with Crippen molar-refractivity contribution in [2.75, 3.05) is 6.61 Å². The largest absolute Gasteiger partial charge is 0.482 e. The second-order valence-corrected chi connectivity index (χ2v) is 9.72. The average molecular weight is 532 g/mol. The molecular formula is C24H26Cl4N2O3. The van der Waals surface area contributed by atoms with E-state index in [2.05, 4.69) is 5.32 Å². The van der Waals surface area contributed by atoms with E-state index < -0.39 is 6.04 Å². The molecule has 1 atom stereocenters. The maximum Gasteiger partial charge on any atom is 0.261 e. The zero-order valence-electron chi connectivity index (χ0n) is 18.3. The van der Waals surface area contributed by atoms with Gasteiger partial charge in [0.05, 0.1) is 5.02 Å². The molecule has 0 aliphatic heterocycles. The van der Waals surface area contributed by atoms with Gasteiger partial charge < -0.3 is 15.0 Å². The standard InChI is InChI=1S/C24H26Cl4N2O3/c1-2-21(24(32)29-18-5-3-4-6-18)30(13-15-7-8-16(25)11-19(15)27)23(31)14-33-22-10-9-17(26)12-20(22)28/h7-12,18,21H,2-6,13-14H2,1H3,(H,29,32). The summed E-state index contributed by atoms with van der Waals surface area (Å²) < 4.78 is 5.66. The fourth-order valence-corrected chi connectivity index (χ4v) is 4.87. The number of nitrogens with one attached hydrogen (secondary N) is 1. The Morgan fingerprint density at radius 1 is 1.03 bits per heavy atom. The first-order chi connectivity index (χ1) is 15.8. The predicted octanol–water partition coefficient (Wildman–Crippen LogP) is 6.55. The van der Waals surface area contributed by atoms with Gasteiger partial charge >= 0.3 is 0 Å². The predicted molar refractivity (Wildman–Crippen MR) is 133 cm³/mol. The average Bonchev–Trinajstić information content (AvgIpc) is 3.27. The third-order valence-corrected chi connectivity index (χ3v) is 6.81. The van der Waals surface area contributed by atoms with E-state index in [9.17, 15) is 9.59 Å². The topological polar surface area (TPSA) is 58.6 Å². The van der Waals surface area contributed by atoms with Gasteiger partial charge in [0.2, 0.25) is 5.91 Å². The van der Waals surface area contributed by atoms with E-state index in [1.165, 1.54) is 11.0 Å². The number of amides is 2. The summed E-state index contributed by atoms with van der Waals surface area (Å²) in [5, 5.41) is 4.78. The molecule has 178 valence electrons. The van der Waals surface area contributed by atoms with E-state index >= 15 is 0 Å². The van der Waals surface area contributed by atoms with Crippen LogP contribution in [0.3, 0.4) is 0 Å². The molecule has 0 heterocycles. The normalized spacial score (nSPS) is 14.7. The van der Waals surface area contributed by atoms with E-state index in [1.807, 2.05) is 6.92 Å². The van der Waals surface area contributed by atoms with Gasteiger partial charge in [-0.3, -0.25) is 9.59 Å². The Morgan fingerprint density at radius 2 is 1.67 bits per heavy atom. The molecule has 1 fully saturated rings. The summed E-state index contributed by atoms with van der Waals surface area (Å²) in [7, 11) is 0. The monoisotopic (exact) mass is 530 g/mol. The summed E-state index contributed by atoms with van der Waals surface area (Å²) in [6.07, 6.45) is 4.55. The van der Waals surface area contributed by atoms with Gasteiger partial charge in [0, 0.05) is 27.7 Å². The molecular weight excluding hydrogens is 506 g/mol. The van der Waals surface area contributed by atoms with Crippen molar-refractivity contribution in [3.05, 3.63) is 62.1 Å². The SMILES string of the molecule is CCC(C(=O)NC1CCCC1)N(Cc1ccc(Cl)cc1Cl)C(=O)COc1ccc(Cl)cc1Cl. The van der Waals surface area contributed by atoms with E-state index in [0.717, 1.165) is 25.7 Å². The summed E-state index contributed by atoms with van der Waals surface area (Å²) in [6, 6.07) is 9.31. The molecule has 9 heteroatoms. The van der Waals surface area contributed by atoms with Crippen LogP contribution in [-0.2, 0) is 16.1 Å². The first kappa shape index (κ1) is 26.0. The van der Waals surface area contributed by atoms with Gasteiger partial charge in [-0.1, -0.05) is 72.2 Å². The second kappa shape index (κ2) is 12.2. The zero-order valence-corrected chi connectivity index (χ0v) is 21.3. The van der Waals surface area contributed by atoms with Crippen molar-refractivity contribution in [1.82, 2.24) is 10.2 Å². The number of halogens is 4. The molecule has 0 bridgehead atoms. The molecule has 1 N–H and O–H groups in total. The maximum absolute atomic E-state index is 13.3. The Bertz CT molecular complexity index is 996. The highest BCUT2D eigenvalue weighted by Gasteiger charge is 2.31. The summed E-state index contributed by atoms with van der Waals surface area (Å²) in [6.45, 7) is 1.72. The molecule has 0 aromatic heterocycles. The fraction of sp³-hybridized carbons (Fsp3) is 0.417. The molecule has 1 saturated carbocycles. The maximum atomic E-state index is 13.3. The molecule has 0 saturated heterocycles. The molecule has 1 aliphatic carbocycles. The first-order valence-electron chi connectivity index (χ1n) is 10.9. The van der Waals surface area contributed by atoms with Gasteiger partial charge in [0.15, 0.2) is 6.61 Å². The molecule has 3 rings (SSSR count). The van der Waals surface area contributed by atoms with Crippen LogP contribution in [0.2, 0.25) is 20.1 Å². The molecule has 2 amide bonds. The van der Waals surface area contributed by atoms with E-state index in [4.69, 9.17) is 51.1 Å². The third-order valence-electron chi connectivity index (χ3n) is 5.69. The molecule has 2 aromatic rings. The van der Waals surface area contributed by atoms with Gasteiger partial charge in [-0.2, -0.15) is 0 Å². The highest BCUT2D eigenvalue weighted by atomic mass is 35.5. The van der Waals surface area contributed by atoms with Crippen molar-refractivity contribution in [1.29, 1.82) is 0 Å². The van der Waals surface area contributed by atoms with Crippen molar-refractivity contribution >= 4 is 58.2 Å². The van der Waals surface area contributed by atoms with Crippen LogP contribution in [0.15, 0.2) is 36.4 Å². The Morgan fingerprint density at radius 3 is 2.27 bits per heavy atom. The molecule has 0 spiro atoms. The smallest absolute Gasteiger partial charge is 0.261 e. The molecule has 2 aromatic carbocycles. The lowest BCUT2D eigenvalue weighted by Gasteiger charge is -2.31. The number of hydrogen-bond acceptors (Lipinski definition) is 3. The van der Waals surface area contributed by atoms with Crippen LogP contribution in [0.1, 0.15) is 44.6 Å². The zero-order chi connectivity index (χ0) is 24.0. The van der Waals surface area contributed by atoms with Gasteiger partial charge in [-0.15, -0.1) is 0 Å². The first-order valence-corrected chi connectivity index (χ1v) is 12.4. The minimum Gasteiger partial charge on any atom is -0.482 e.